The topological polar surface area (TPSA) is 50.8 Å². The van der Waals surface area contributed by atoms with E-state index in [9.17, 15) is 4.79 Å². The zero-order valence-electron chi connectivity index (χ0n) is 9.94. The molecule has 0 saturated carbocycles. The average molecular weight is 228 g/mol. The normalized spacial score (nSPS) is 34.2. The van der Waals surface area contributed by atoms with Gasteiger partial charge in [-0.2, -0.15) is 0 Å². The van der Waals surface area contributed by atoms with E-state index in [4.69, 9.17) is 9.47 Å². The molecule has 0 bridgehead atoms. The van der Waals surface area contributed by atoms with Crippen molar-refractivity contribution >= 4 is 5.91 Å². The summed E-state index contributed by atoms with van der Waals surface area (Å²) in [5, 5.41) is 3.14. The molecule has 2 aliphatic rings. The van der Waals surface area contributed by atoms with Gasteiger partial charge in [0.15, 0.2) is 0 Å². The smallest absolute Gasteiger partial charge is 0.229 e. The molecule has 2 heterocycles. The predicted molar refractivity (Wildman–Crippen MR) is 59.2 cm³/mol. The predicted octanol–water partition coefficient (Wildman–Crippen LogP) is -0.532. The second-order valence-electron chi connectivity index (χ2n) is 4.51. The number of hydrogen-bond acceptors (Lipinski definition) is 4. The Morgan fingerprint density at radius 3 is 2.75 bits per heavy atom. The van der Waals surface area contributed by atoms with Gasteiger partial charge in [-0.1, -0.05) is 0 Å². The van der Waals surface area contributed by atoms with Gasteiger partial charge in [0.25, 0.3) is 0 Å². The summed E-state index contributed by atoms with van der Waals surface area (Å²) in [6.45, 7) is 2.59. The van der Waals surface area contributed by atoms with Gasteiger partial charge in [0.2, 0.25) is 5.91 Å². The summed E-state index contributed by atoms with van der Waals surface area (Å²) in [5.74, 6) is 0.128. The van der Waals surface area contributed by atoms with Crippen molar-refractivity contribution in [2.75, 3.05) is 40.5 Å². The van der Waals surface area contributed by atoms with Crippen molar-refractivity contribution in [3.63, 3.8) is 0 Å². The second kappa shape index (κ2) is 5.12. The number of rotatable bonds is 3. The van der Waals surface area contributed by atoms with E-state index in [-0.39, 0.29) is 23.9 Å². The minimum absolute atomic E-state index is 0.0457. The molecular formula is C11H20N2O3. The Bertz CT molecular complexity index is 254. The molecule has 92 valence electrons. The molecule has 0 aromatic heterocycles. The van der Waals surface area contributed by atoms with Crippen LogP contribution in [0, 0.1) is 5.92 Å². The highest BCUT2D eigenvalue weighted by Crippen LogP contribution is 2.19. The third-order valence-corrected chi connectivity index (χ3v) is 3.57. The van der Waals surface area contributed by atoms with Crippen molar-refractivity contribution in [2.24, 2.45) is 5.92 Å². The fourth-order valence-electron chi connectivity index (χ4n) is 2.35. The van der Waals surface area contributed by atoms with E-state index in [0.29, 0.717) is 19.8 Å². The Labute approximate surface area is 96.1 Å². The number of carbonyl (C=O) groups excluding carboxylic acids is 1. The quantitative estimate of drug-likeness (QED) is 0.705. The van der Waals surface area contributed by atoms with Gasteiger partial charge in [-0.15, -0.1) is 0 Å². The second-order valence-corrected chi connectivity index (χ2v) is 4.51. The maximum Gasteiger partial charge on any atom is 0.229 e. The molecule has 0 aromatic rings. The third-order valence-electron chi connectivity index (χ3n) is 3.57. The Morgan fingerprint density at radius 2 is 2.12 bits per heavy atom. The summed E-state index contributed by atoms with van der Waals surface area (Å²) in [4.78, 5) is 14.1. The number of hydrogen-bond donors (Lipinski definition) is 1. The number of carbonyl (C=O) groups is 1. The van der Waals surface area contributed by atoms with Crippen molar-refractivity contribution in [1.82, 2.24) is 10.2 Å². The fraction of sp³-hybridized carbons (Fsp3) is 0.909. The van der Waals surface area contributed by atoms with Gasteiger partial charge in [0, 0.05) is 19.7 Å². The van der Waals surface area contributed by atoms with Crippen LogP contribution in [0.2, 0.25) is 0 Å². The van der Waals surface area contributed by atoms with Gasteiger partial charge in [-0.25, -0.2) is 0 Å². The molecule has 2 aliphatic heterocycles. The number of nitrogens with zero attached hydrogens (tertiary/aromatic N) is 1. The summed E-state index contributed by atoms with van der Waals surface area (Å²) >= 11 is 0. The van der Waals surface area contributed by atoms with Crippen LogP contribution in [0.4, 0.5) is 0 Å². The van der Waals surface area contributed by atoms with Crippen LogP contribution in [-0.2, 0) is 14.3 Å². The van der Waals surface area contributed by atoms with Crippen LogP contribution in [0.3, 0.4) is 0 Å². The average Bonchev–Trinajstić information content (AvgIpc) is 2.97. The van der Waals surface area contributed by atoms with Crippen molar-refractivity contribution in [3.8, 4) is 0 Å². The first-order valence-electron chi connectivity index (χ1n) is 5.83. The summed E-state index contributed by atoms with van der Waals surface area (Å²) in [7, 11) is 3.74. The molecule has 1 N–H and O–H groups in total. The van der Waals surface area contributed by atoms with E-state index >= 15 is 0 Å². The lowest BCUT2D eigenvalue weighted by molar-refractivity contribution is -0.136. The highest BCUT2D eigenvalue weighted by molar-refractivity contribution is 5.80. The Kier molecular flexibility index (Phi) is 3.78. The molecule has 2 fully saturated rings. The molecule has 16 heavy (non-hydrogen) atoms. The van der Waals surface area contributed by atoms with Gasteiger partial charge in [-0.3, -0.25) is 4.79 Å². The molecule has 3 unspecified atom stereocenters. The van der Waals surface area contributed by atoms with Crippen molar-refractivity contribution in [1.29, 1.82) is 0 Å². The Morgan fingerprint density at radius 1 is 1.31 bits per heavy atom. The summed E-state index contributed by atoms with van der Waals surface area (Å²) < 4.78 is 10.7. The molecule has 0 radical (unpaired) electrons. The van der Waals surface area contributed by atoms with E-state index in [1.807, 2.05) is 19.0 Å². The number of likely N-dealkylation sites (N-methyl/N-ethyl adjacent to an activating group) is 2. The number of ether oxygens (including phenoxy) is 2. The molecule has 1 amide bonds. The first kappa shape index (κ1) is 11.8. The fourth-order valence-corrected chi connectivity index (χ4v) is 2.35. The molecular weight excluding hydrogens is 208 g/mol. The first-order valence-corrected chi connectivity index (χ1v) is 5.83. The van der Waals surface area contributed by atoms with Crippen molar-refractivity contribution < 1.29 is 14.3 Å². The molecule has 5 heteroatoms. The zero-order valence-corrected chi connectivity index (χ0v) is 9.94. The van der Waals surface area contributed by atoms with E-state index in [0.717, 1.165) is 13.0 Å². The SMILES string of the molecule is CNC1COCC1C(=O)N(C)C1CCOC1. The molecule has 2 saturated heterocycles. The van der Waals surface area contributed by atoms with Crippen LogP contribution in [0.25, 0.3) is 0 Å². The maximum absolute atomic E-state index is 12.3. The highest BCUT2D eigenvalue weighted by Gasteiger charge is 2.37. The van der Waals surface area contributed by atoms with Crippen LogP contribution < -0.4 is 5.32 Å². The van der Waals surface area contributed by atoms with Gasteiger partial charge >= 0.3 is 0 Å². The Balaban J connectivity index is 1.95. The minimum Gasteiger partial charge on any atom is -0.379 e. The van der Waals surface area contributed by atoms with E-state index in [2.05, 4.69) is 5.32 Å². The zero-order chi connectivity index (χ0) is 11.5. The van der Waals surface area contributed by atoms with Crippen molar-refractivity contribution in [3.05, 3.63) is 0 Å². The minimum atomic E-state index is -0.0457. The number of nitrogens with one attached hydrogen (secondary N) is 1. The van der Waals surface area contributed by atoms with Crippen LogP contribution in [0.1, 0.15) is 6.42 Å². The lowest BCUT2D eigenvalue weighted by Gasteiger charge is -2.27. The largest absolute Gasteiger partial charge is 0.379 e. The lowest BCUT2D eigenvalue weighted by atomic mass is 10.0. The van der Waals surface area contributed by atoms with Gasteiger partial charge in [-0.05, 0) is 13.5 Å². The van der Waals surface area contributed by atoms with Crippen LogP contribution in [-0.4, -0.2) is 63.4 Å². The standard InChI is InChI=1S/C11H20N2O3/c1-12-10-7-16-6-9(10)11(14)13(2)8-3-4-15-5-8/h8-10,12H,3-7H2,1-2H3. The summed E-state index contributed by atoms with van der Waals surface area (Å²) in [6, 6.07) is 0.392. The molecule has 0 aliphatic carbocycles. The van der Waals surface area contributed by atoms with Gasteiger partial charge in [0.1, 0.15) is 0 Å². The van der Waals surface area contributed by atoms with E-state index in [1.165, 1.54) is 0 Å². The monoisotopic (exact) mass is 228 g/mol. The molecule has 0 spiro atoms. The van der Waals surface area contributed by atoms with E-state index < -0.39 is 0 Å². The van der Waals surface area contributed by atoms with E-state index in [1.54, 1.807) is 0 Å². The van der Waals surface area contributed by atoms with Crippen LogP contribution in [0.15, 0.2) is 0 Å². The molecule has 0 aromatic carbocycles. The number of amides is 1. The lowest BCUT2D eigenvalue weighted by Crippen LogP contribution is -2.47. The van der Waals surface area contributed by atoms with Crippen molar-refractivity contribution in [2.45, 2.75) is 18.5 Å². The highest BCUT2D eigenvalue weighted by atomic mass is 16.5. The summed E-state index contributed by atoms with van der Waals surface area (Å²) in [5.41, 5.74) is 0. The third kappa shape index (κ3) is 2.21. The molecule has 2 rings (SSSR count). The van der Waals surface area contributed by atoms with Gasteiger partial charge < -0.3 is 19.7 Å². The van der Waals surface area contributed by atoms with Crippen LogP contribution in [0.5, 0.6) is 0 Å². The summed E-state index contributed by atoms with van der Waals surface area (Å²) in [6.07, 6.45) is 0.944. The maximum atomic E-state index is 12.3. The molecule has 5 nitrogen and oxygen atoms in total. The van der Waals surface area contributed by atoms with Gasteiger partial charge in [0.05, 0.1) is 31.8 Å². The van der Waals surface area contributed by atoms with Crippen LogP contribution >= 0.6 is 0 Å². The first-order chi connectivity index (χ1) is 7.74. The molecule has 3 atom stereocenters. The Hall–Kier alpha value is -0.650.